The number of alkyl carbamates (subject to hydrolysis) is 1. The van der Waals surface area contributed by atoms with Crippen molar-refractivity contribution in [3.63, 3.8) is 0 Å². The average molecular weight is 477 g/mol. The number of carbonyl (C=O) groups excluding carboxylic acids is 2. The van der Waals surface area contributed by atoms with Gasteiger partial charge in [0.05, 0.1) is 5.92 Å². The van der Waals surface area contributed by atoms with Crippen molar-refractivity contribution in [2.45, 2.75) is 38.0 Å². The largest absolute Gasteiger partial charge is 0.481 e. The summed E-state index contributed by atoms with van der Waals surface area (Å²) in [6.07, 6.45) is 3.86. The molecule has 4 atom stereocenters. The third-order valence-electron chi connectivity index (χ3n) is 7.88. The number of fused-ring (bicyclic) bond motifs is 3. The number of hydrogen-bond donors (Lipinski definition) is 3. The summed E-state index contributed by atoms with van der Waals surface area (Å²) < 4.78 is 5.64. The van der Waals surface area contributed by atoms with Crippen LogP contribution in [0.2, 0.25) is 0 Å². The van der Waals surface area contributed by atoms with Gasteiger partial charge in [0.25, 0.3) is 0 Å². The molecular weight excluding hydrogens is 444 g/mol. The van der Waals surface area contributed by atoms with Crippen LogP contribution in [0.5, 0.6) is 0 Å². The first kappa shape index (κ1) is 23.4. The summed E-state index contributed by atoms with van der Waals surface area (Å²) in [6.45, 7) is 1.08. The maximum atomic E-state index is 12.8. The molecule has 2 amide bonds. The number of carboxylic acid groups (broad SMARTS) is 1. The zero-order valence-electron chi connectivity index (χ0n) is 19.7. The van der Waals surface area contributed by atoms with E-state index in [1.54, 1.807) is 0 Å². The maximum Gasteiger partial charge on any atom is 0.407 e. The standard InChI is InChI=1S/C28H32N2O5/c31-26(29-15-18-13-24(18)27(32)33)19-8-2-1-7-17(19)14-30-28(34)35-16-25-22-11-5-3-9-20(22)21-10-4-6-12-23(21)25/h3-6,9-12,17-19,24-25H,1-2,7-8,13-16H2,(H,29,31)(H,30,34)(H,32,33)/t17?,18-,19?,24-/m1/s1. The van der Waals surface area contributed by atoms with Crippen LogP contribution in [0.4, 0.5) is 4.79 Å². The molecule has 2 saturated carbocycles. The average Bonchev–Trinajstić information content (AvgIpc) is 3.60. The number of ether oxygens (including phenoxy) is 1. The van der Waals surface area contributed by atoms with Gasteiger partial charge in [-0.05, 0) is 53.4 Å². The second-order valence-electron chi connectivity index (χ2n) is 10.0. The van der Waals surface area contributed by atoms with Crippen molar-refractivity contribution in [1.29, 1.82) is 0 Å². The molecule has 0 spiro atoms. The summed E-state index contributed by atoms with van der Waals surface area (Å²) in [5.41, 5.74) is 4.72. The van der Waals surface area contributed by atoms with Crippen LogP contribution in [-0.2, 0) is 14.3 Å². The first-order valence-electron chi connectivity index (χ1n) is 12.6. The lowest BCUT2D eigenvalue weighted by atomic mass is 9.78. The molecule has 0 heterocycles. The highest BCUT2D eigenvalue weighted by Crippen LogP contribution is 2.44. The number of rotatable bonds is 8. The Labute approximate surface area is 205 Å². The predicted octanol–water partition coefficient (Wildman–Crippen LogP) is 4.17. The number of aliphatic carboxylic acids is 1. The summed E-state index contributed by atoms with van der Waals surface area (Å²) in [7, 11) is 0. The van der Waals surface area contributed by atoms with Crippen LogP contribution in [-0.4, -0.2) is 42.8 Å². The molecule has 0 radical (unpaired) electrons. The third-order valence-corrected chi connectivity index (χ3v) is 7.88. The van der Waals surface area contributed by atoms with Crippen LogP contribution in [0, 0.1) is 23.7 Å². The molecule has 0 aliphatic heterocycles. The zero-order valence-corrected chi connectivity index (χ0v) is 19.7. The first-order valence-corrected chi connectivity index (χ1v) is 12.6. The Hall–Kier alpha value is -3.35. The molecule has 7 heteroatoms. The SMILES string of the molecule is O=C(NCC1CCCCC1C(=O)NC[C@H]1C[C@H]1C(=O)O)OCC1c2ccccc2-c2ccccc21. The number of carbonyl (C=O) groups is 3. The van der Waals surface area contributed by atoms with Crippen LogP contribution in [0.15, 0.2) is 48.5 Å². The van der Waals surface area contributed by atoms with Crippen molar-refractivity contribution in [3.8, 4) is 11.1 Å². The number of nitrogens with one attached hydrogen (secondary N) is 2. The van der Waals surface area contributed by atoms with Gasteiger partial charge in [0.2, 0.25) is 5.91 Å². The highest BCUT2D eigenvalue weighted by molar-refractivity contribution is 5.80. The molecule has 0 bridgehead atoms. The van der Waals surface area contributed by atoms with E-state index in [1.807, 2.05) is 24.3 Å². The Morgan fingerprint density at radius 2 is 1.46 bits per heavy atom. The monoisotopic (exact) mass is 476 g/mol. The highest BCUT2D eigenvalue weighted by Gasteiger charge is 2.43. The lowest BCUT2D eigenvalue weighted by Crippen LogP contribution is -2.42. The molecule has 3 aliphatic carbocycles. The van der Waals surface area contributed by atoms with Crippen molar-refractivity contribution in [2.24, 2.45) is 23.7 Å². The molecule has 3 N–H and O–H groups in total. The van der Waals surface area contributed by atoms with Crippen LogP contribution in [0.1, 0.15) is 49.1 Å². The van der Waals surface area contributed by atoms with E-state index >= 15 is 0 Å². The zero-order chi connectivity index (χ0) is 24.4. The number of benzene rings is 2. The lowest BCUT2D eigenvalue weighted by Gasteiger charge is -2.30. The quantitative estimate of drug-likeness (QED) is 0.531. The van der Waals surface area contributed by atoms with Gasteiger partial charge in [-0.1, -0.05) is 61.4 Å². The molecule has 0 saturated heterocycles. The van der Waals surface area contributed by atoms with E-state index < -0.39 is 12.1 Å². The van der Waals surface area contributed by atoms with Gasteiger partial charge in [-0.2, -0.15) is 0 Å². The molecule has 2 aromatic carbocycles. The van der Waals surface area contributed by atoms with Crippen LogP contribution in [0.3, 0.4) is 0 Å². The second kappa shape index (κ2) is 10.1. The summed E-state index contributed by atoms with van der Waals surface area (Å²) in [5, 5.41) is 14.9. The van der Waals surface area contributed by atoms with Gasteiger partial charge >= 0.3 is 12.1 Å². The Morgan fingerprint density at radius 3 is 2.11 bits per heavy atom. The summed E-state index contributed by atoms with van der Waals surface area (Å²) in [6, 6.07) is 16.5. The fraction of sp³-hybridized carbons (Fsp3) is 0.464. The lowest BCUT2D eigenvalue weighted by molar-refractivity contribution is -0.139. The van der Waals surface area contributed by atoms with Crippen LogP contribution in [0.25, 0.3) is 11.1 Å². The van der Waals surface area contributed by atoms with Gasteiger partial charge in [-0.15, -0.1) is 0 Å². The molecule has 7 nitrogen and oxygen atoms in total. The van der Waals surface area contributed by atoms with Gasteiger partial charge in [0.15, 0.2) is 0 Å². The van der Waals surface area contributed by atoms with Crippen molar-refractivity contribution >= 4 is 18.0 Å². The Kier molecular flexibility index (Phi) is 6.75. The van der Waals surface area contributed by atoms with Gasteiger partial charge in [0.1, 0.15) is 6.61 Å². The van der Waals surface area contributed by atoms with Crippen molar-refractivity contribution in [1.82, 2.24) is 10.6 Å². The van der Waals surface area contributed by atoms with Gasteiger partial charge in [-0.3, -0.25) is 9.59 Å². The minimum absolute atomic E-state index is 0.0124. The maximum absolute atomic E-state index is 12.8. The van der Waals surface area contributed by atoms with E-state index in [0.29, 0.717) is 19.5 Å². The smallest absolute Gasteiger partial charge is 0.407 e. The molecular formula is C28H32N2O5. The van der Waals surface area contributed by atoms with E-state index in [4.69, 9.17) is 9.84 Å². The number of carboxylic acids is 1. The molecule has 35 heavy (non-hydrogen) atoms. The molecule has 5 rings (SSSR count). The topological polar surface area (TPSA) is 105 Å². The Bertz CT molecular complexity index is 1070. The van der Waals surface area contributed by atoms with Crippen molar-refractivity contribution in [2.75, 3.05) is 19.7 Å². The number of hydrogen-bond acceptors (Lipinski definition) is 4. The van der Waals surface area contributed by atoms with E-state index in [9.17, 15) is 14.4 Å². The first-order chi connectivity index (χ1) is 17.0. The minimum Gasteiger partial charge on any atom is -0.481 e. The summed E-state index contributed by atoms with van der Waals surface area (Å²) in [5.74, 6) is -1.20. The molecule has 0 aromatic heterocycles. The summed E-state index contributed by atoms with van der Waals surface area (Å²) >= 11 is 0. The number of amides is 2. The molecule has 2 unspecified atom stereocenters. The van der Waals surface area contributed by atoms with Crippen LogP contribution >= 0.6 is 0 Å². The van der Waals surface area contributed by atoms with Crippen molar-refractivity contribution < 1.29 is 24.2 Å². The summed E-state index contributed by atoms with van der Waals surface area (Å²) in [4.78, 5) is 36.4. The second-order valence-corrected chi connectivity index (χ2v) is 10.0. The van der Waals surface area contributed by atoms with Gasteiger partial charge in [-0.25, -0.2) is 4.79 Å². The fourth-order valence-corrected chi connectivity index (χ4v) is 5.80. The molecule has 3 aliphatic rings. The van der Waals surface area contributed by atoms with Gasteiger partial charge in [0, 0.05) is 24.9 Å². The predicted molar refractivity (Wildman–Crippen MR) is 131 cm³/mol. The van der Waals surface area contributed by atoms with Crippen molar-refractivity contribution in [3.05, 3.63) is 59.7 Å². The van der Waals surface area contributed by atoms with E-state index in [1.165, 1.54) is 22.3 Å². The Morgan fingerprint density at radius 1 is 0.829 bits per heavy atom. The van der Waals surface area contributed by atoms with E-state index in [0.717, 1.165) is 25.7 Å². The molecule has 2 fully saturated rings. The third kappa shape index (κ3) is 5.04. The normalized spacial score (nSPS) is 24.7. The molecule has 2 aromatic rings. The molecule has 184 valence electrons. The highest BCUT2D eigenvalue weighted by atomic mass is 16.5. The fourth-order valence-electron chi connectivity index (χ4n) is 5.80. The van der Waals surface area contributed by atoms with E-state index in [2.05, 4.69) is 34.9 Å². The Balaban J connectivity index is 1.12. The van der Waals surface area contributed by atoms with Crippen LogP contribution < -0.4 is 10.6 Å². The minimum atomic E-state index is -0.785. The van der Waals surface area contributed by atoms with Gasteiger partial charge < -0.3 is 20.5 Å². The van der Waals surface area contributed by atoms with E-state index in [-0.39, 0.29) is 42.1 Å².